The van der Waals surface area contributed by atoms with Crippen LogP contribution in [-0.2, 0) is 17.8 Å². The second kappa shape index (κ2) is 6.82. The third kappa shape index (κ3) is 4.12. The zero-order chi connectivity index (χ0) is 15.4. The van der Waals surface area contributed by atoms with Crippen LogP contribution in [-0.4, -0.2) is 34.0 Å². The second-order valence-electron chi connectivity index (χ2n) is 4.99. The Morgan fingerprint density at radius 2 is 2.33 bits per heavy atom. The molecule has 0 fully saturated rings. The molecular weight excluding hydrogens is 288 g/mol. The number of thiazole rings is 1. The lowest BCUT2D eigenvalue weighted by Gasteiger charge is -2.22. The Labute approximate surface area is 128 Å². The van der Waals surface area contributed by atoms with Crippen LogP contribution in [0.5, 0.6) is 0 Å². The molecule has 1 amide bonds. The van der Waals surface area contributed by atoms with Crippen LogP contribution in [0.4, 0.5) is 5.88 Å². The molecule has 2 heterocycles. The summed E-state index contributed by atoms with van der Waals surface area (Å²) in [6.07, 6.45) is 2.89. The van der Waals surface area contributed by atoms with Crippen LogP contribution in [0.3, 0.4) is 0 Å². The molecule has 7 heteroatoms. The first kappa shape index (κ1) is 15.7. The molecule has 1 unspecified atom stereocenters. The highest BCUT2D eigenvalue weighted by atomic mass is 32.1. The molecule has 1 atom stereocenters. The number of hydrogen-bond donors (Lipinski definition) is 1. The Kier molecular flexibility index (Phi) is 5.08. The molecule has 6 nitrogen and oxygen atoms in total. The maximum atomic E-state index is 12.2. The Bertz CT molecular complexity index is 608. The smallest absolute Gasteiger partial charge is 0.243 e. The Balaban J connectivity index is 1.91. The maximum absolute atomic E-state index is 12.2. The van der Waals surface area contributed by atoms with Gasteiger partial charge in [0.25, 0.3) is 0 Å². The fourth-order valence-corrected chi connectivity index (χ4v) is 2.71. The van der Waals surface area contributed by atoms with Crippen molar-refractivity contribution in [2.45, 2.75) is 39.8 Å². The van der Waals surface area contributed by atoms with Crippen molar-refractivity contribution < 1.29 is 9.32 Å². The van der Waals surface area contributed by atoms with E-state index in [0.29, 0.717) is 12.4 Å². The van der Waals surface area contributed by atoms with E-state index in [1.807, 2.05) is 32.0 Å². The maximum Gasteiger partial charge on any atom is 0.243 e. The molecule has 0 saturated heterocycles. The Morgan fingerprint density at radius 3 is 2.90 bits per heavy atom. The summed E-state index contributed by atoms with van der Waals surface area (Å²) in [6.45, 7) is 6.42. The number of aryl methyl sites for hydroxylation is 2. The molecule has 114 valence electrons. The highest BCUT2D eigenvalue weighted by molar-refractivity contribution is 7.11. The van der Waals surface area contributed by atoms with Crippen molar-refractivity contribution in [3.8, 4) is 0 Å². The van der Waals surface area contributed by atoms with Gasteiger partial charge in [0, 0.05) is 17.1 Å². The Morgan fingerprint density at radius 1 is 1.57 bits per heavy atom. The first-order valence-electron chi connectivity index (χ1n) is 6.87. The quantitative estimate of drug-likeness (QED) is 0.887. The van der Waals surface area contributed by atoms with Crippen molar-refractivity contribution in [2.24, 2.45) is 0 Å². The number of hydrogen-bond acceptors (Lipinski definition) is 6. The van der Waals surface area contributed by atoms with Crippen molar-refractivity contribution in [1.29, 1.82) is 0 Å². The number of likely N-dealkylation sites (N-methyl/N-ethyl adjacent to an activating group) is 1. The van der Waals surface area contributed by atoms with Gasteiger partial charge < -0.3 is 4.52 Å². The minimum atomic E-state index is -0.288. The third-order valence-electron chi connectivity index (χ3n) is 3.25. The number of rotatable bonds is 6. The predicted molar refractivity (Wildman–Crippen MR) is 82.3 cm³/mol. The minimum Gasteiger partial charge on any atom is -0.338 e. The van der Waals surface area contributed by atoms with E-state index in [1.54, 1.807) is 17.4 Å². The molecule has 0 aliphatic rings. The summed E-state index contributed by atoms with van der Waals surface area (Å²) < 4.78 is 4.99. The molecule has 0 radical (unpaired) electrons. The molecule has 2 aromatic heterocycles. The SMILES string of the molecule is CCc1cnc(CN(C)C(C)C(=O)Nc2cc(C)no2)s1. The van der Waals surface area contributed by atoms with Crippen LogP contribution in [0.15, 0.2) is 16.8 Å². The molecular formula is C14H20N4O2S. The molecule has 21 heavy (non-hydrogen) atoms. The van der Waals surface area contributed by atoms with Crippen molar-refractivity contribution in [1.82, 2.24) is 15.0 Å². The van der Waals surface area contributed by atoms with Crippen LogP contribution >= 0.6 is 11.3 Å². The average molecular weight is 308 g/mol. The highest BCUT2D eigenvalue weighted by Crippen LogP contribution is 2.16. The first-order chi connectivity index (χ1) is 9.99. The van der Waals surface area contributed by atoms with E-state index in [4.69, 9.17) is 4.52 Å². The number of carbonyl (C=O) groups excluding carboxylic acids is 1. The monoisotopic (exact) mass is 308 g/mol. The average Bonchev–Trinajstić information content (AvgIpc) is 3.06. The minimum absolute atomic E-state index is 0.124. The predicted octanol–water partition coefficient (Wildman–Crippen LogP) is 2.46. The van der Waals surface area contributed by atoms with Crippen molar-refractivity contribution in [2.75, 3.05) is 12.4 Å². The van der Waals surface area contributed by atoms with Crippen molar-refractivity contribution in [3.63, 3.8) is 0 Å². The first-order valence-corrected chi connectivity index (χ1v) is 7.69. The lowest BCUT2D eigenvalue weighted by atomic mass is 10.3. The summed E-state index contributed by atoms with van der Waals surface area (Å²) in [5, 5.41) is 7.48. The van der Waals surface area contributed by atoms with E-state index >= 15 is 0 Å². The second-order valence-corrected chi connectivity index (χ2v) is 6.19. The molecule has 0 bridgehead atoms. The molecule has 0 aromatic carbocycles. The Hall–Kier alpha value is -1.73. The molecule has 2 rings (SSSR count). The topological polar surface area (TPSA) is 71.3 Å². The summed E-state index contributed by atoms with van der Waals surface area (Å²) in [6, 6.07) is 1.41. The molecule has 0 aliphatic heterocycles. The number of anilines is 1. The van der Waals surface area contributed by atoms with Gasteiger partial charge in [-0.05, 0) is 27.3 Å². The van der Waals surface area contributed by atoms with Gasteiger partial charge in [0.2, 0.25) is 11.8 Å². The molecule has 0 saturated carbocycles. The summed E-state index contributed by atoms with van der Waals surface area (Å²) >= 11 is 1.68. The highest BCUT2D eigenvalue weighted by Gasteiger charge is 2.20. The number of nitrogens with zero attached hydrogens (tertiary/aromatic N) is 3. The van der Waals surface area contributed by atoms with Gasteiger partial charge in [-0.25, -0.2) is 4.98 Å². The van der Waals surface area contributed by atoms with Gasteiger partial charge in [0.1, 0.15) is 5.01 Å². The van der Waals surface area contributed by atoms with Crippen LogP contribution in [0.2, 0.25) is 0 Å². The van der Waals surface area contributed by atoms with Gasteiger partial charge in [0.05, 0.1) is 18.3 Å². The van der Waals surface area contributed by atoms with E-state index in [0.717, 1.165) is 17.1 Å². The van der Waals surface area contributed by atoms with Gasteiger partial charge in [-0.1, -0.05) is 12.1 Å². The normalized spacial score (nSPS) is 12.6. The molecule has 0 spiro atoms. The fourth-order valence-electron chi connectivity index (χ4n) is 1.78. The lowest BCUT2D eigenvalue weighted by Crippen LogP contribution is -2.39. The molecule has 1 N–H and O–H groups in total. The van der Waals surface area contributed by atoms with Gasteiger partial charge in [-0.2, -0.15) is 0 Å². The number of nitrogens with one attached hydrogen (secondary N) is 1. The van der Waals surface area contributed by atoms with Gasteiger partial charge in [-0.3, -0.25) is 15.0 Å². The third-order valence-corrected chi connectivity index (χ3v) is 4.38. The van der Waals surface area contributed by atoms with Crippen LogP contribution in [0.1, 0.15) is 29.4 Å². The van der Waals surface area contributed by atoms with Crippen molar-refractivity contribution in [3.05, 3.63) is 27.8 Å². The zero-order valence-corrected chi connectivity index (χ0v) is 13.5. The molecule has 0 aliphatic carbocycles. The molecule has 2 aromatic rings. The summed E-state index contributed by atoms with van der Waals surface area (Å²) in [5.41, 5.74) is 0.737. The number of carbonyl (C=O) groups is 1. The summed E-state index contributed by atoms with van der Waals surface area (Å²) in [4.78, 5) is 19.7. The number of amides is 1. The van der Waals surface area contributed by atoms with Gasteiger partial charge in [0.15, 0.2) is 0 Å². The standard InChI is InChI=1S/C14H20N4O2S/c1-5-11-7-15-13(21-11)8-18(4)10(3)14(19)16-12-6-9(2)17-20-12/h6-7,10H,5,8H2,1-4H3,(H,16,19). The summed E-state index contributed by atoms with van der Waals surface area (Å²) in [7, 11) is 1.91. The van der Waals surface area contributed by atoms with Gasteiger partial charge >= 0.3 is 0 Å². The van der Waals surface area contributed by atoms with E-state index < -0.39 is 0 Å². The zero-order valence-electron chi connectivity index (χ0n) is 12.7. The van der Waals surface area contributed by atoms with Crippen molar-refractivity contribution >= 4 is 23.1 Å². The van der Waals surface area contributed by atoms with Gasteiger partial charge in [-0.15, -0.1) is 11.3 Å². The van der Waals surface area contributed by atoms with Crippen LogP contribution in [0.25, 0.3) is 0 Å². The van der Waals surface area contributed by atoms with E-state index in [-0.39, 0.29) is 11.9 Å². The fraction of sp³-hybridized carbons (Fsp3) is 0.500. The van der Waals surface area contributed by atoms with Crippen LogP contribution in [0, 0.1) is 6.92 Å². The largest absolute Gasteiger partial charge is 0.338 e. The number of aromatic nitrogens is 2. The van der Waals surface area contributed by atoms with Crippen LogP contribution < -0.4 is 5.32 Å². The summed E-state index contributed by atoms with van der Waals surface area (Å²) in [5.74, 6) is 0.251. The van der Waals surface area contributed by atoms with E-state index in [9.17, 15) is 4.79 Å². The van der Waals surface area contributed by atoms with E-state index in [2.05, 4.69) is 22.4 Å². The lowest BCUT2D eigenvalue weighted by molar-refractivity contribution is -0.120. The van der Waals surface area contributed by atoms with E-state index in [1.165, 1.54) is 4.88 Å².